The molecule has 0 aliphatic carbocycles. The smallest absolute Gasteiger partial charge is 0.231 e. The molecule has 0 aliphatic heterocycles. The lowest BCUT2D eigenvalue weighted by Crippen LogP contribution is -2.33. The Morgan fingerprint density at radius 3 is 2.94 bits per heavy atom. The van der Waals surface area contributed by atoms with E-state index in [1.54, 1.807) is 0 Å². The number of amides is 1. The van der Waals surface area contributed by atoms with E-state index >= 15 is 0 Å². The molecule has 1 aromatic carbocycles. The van der Waals surface area contributed by atoms with Crippen molar-refractivity contribution in [1.82, 2.24) is 4.90 Å². The van der Waals surface area contributed by atoms with Gasteiger partial charge in [-0.25, -0.2) is 0 Å². The van der Waals surface area contributed by atoms with E-state index in [2.05, 4.69) is 15.9 Å². The number of hydrogen-bond donors (Lipinski definition) is 1. The van der Waals surface area contributed by atoms with Crippen molar-refractivity contribution >= 4 is 21.8 Å². The van der Waals surface area contributed by atoms with Gasteiger partial charge in [0, 0.05) is 11.0 Å². The Bertz CT molecular complexity index is 358. The molecule has 2 N–H and O–H groups in total. The minimum absolute atomic E-state index is 0.252. The summed E-state index contributed by atoms with van der Waals surface area (Å²) in [5, 5.41) is 0. The molecule has 0 aromatic heterocycles. The van der Waals surface area contributed by atoms with Crippen LogP contribution < -0.4 is 10.5 Å². The average molecular weight is 287 g/mol. The molecule has 16 heavy (non-hydrogen) atoms. The highest BCUT2D eigenvalue weighted by molar-refractivity contribution is 9.10. The number of nitrogens with two attached hydrogens (primary N) is 1. The van der Waals surface area contributed by atoms with Crippen LogP contribution in [0.15, 0.2) is 28.7 Å². The lowest BCUT2D eigenvalue weighted by atomic mass is 10.3. The van der Waals surface area contributed by atoms with Crippen LogP contribution >= 0.6 is 15.9 Å². The third-order valence-electron chi connectivity index (χ3n) is 1.96. The molecule has 88 valence electrons. The Labute approximate surface area is 103 Å². The summed E-state index contributed by atoms with van der Waals surface area (Å²) in [5.74, 6) is 0.479. The molecule has 0 bridgehead atoms. The lowest BCUT2D eigenvalue weighted by Gasteiger charge is -2.14. The third kappa shape index (κ3) is 5.14. The van der Waals surface area contributed by atoms with E-state index in [0.29, 0.717) is 13.2 Å². The summed E-state index contributed by atoms with van der Waals surface area (Å²) in [5.41, 5.74) is 5.07. The van der Waals surface area contributed by atoms with Crippen LogP contribution in [0.3, 0.4) is 0 Å². The Kier molecular flexibility index (Phi) is 5.28. The molecular weight excluding hydrogens is 272 g/mol. The first-order valence-corrected chi connectivity index (χ1v) is 5.72. The fourth-order valence-electron chi connectivity index (χ4n) is 1.22. The van der Waals surface area contributed by atoms with Crippen LogP contribution in [0, 0.1) is 0 Å². The molecule has 0 atom stereocenters. The number of hydrogen-bond acceptors (Lipinski definition) is 3. The standard InChI is InChI=1S/C11H15BrN2O2/c1-14(8-11(13)15)5-6-16-10-4-2-3-9(12)7-10/h2-4,7H,5-6,8H2,1H3,(H2,13,15). The zero-order chi connectivity index (χ0) is 12.0. The zero-order valence-corrected chi connectivity index (χ0v) is 10.7. The molecule has 5 heteroatoms. The SMILES string of the molecule is CN(CCOc1cccc(Br)c1)CC(N)=O. The molecule has 0 heterocycles. The minimum Gasteiger partial charge on any atom is -0.492 e. The van der Waals surface area contributed by atoms with Gasteiger partial charge in [0.1, 0.15) is 12.4 Å². The molecule has 0 fully saturated rings. The van der Waals surface area contributed by atoms with E-state index in [4.69, 9.17) is 10.5 Å². The molecule has 0 spiro atoms. The number of halogens is 1. The van der Waals surface area contributed by atoms with Crippen molar-refractivity contribution in [3.8, 4) is 5.75 Å². The van der Waals surface area contributed by atoms with Crippen molar-refractivity contribution in [2.45, 2.75) is 0 Å². The quantitative estimate of drug-likeness (QED) is 0.856. The van der Waals surface area contributed by atoms with Gasteiger partial charge in [0.25, 0.3) is 0 Å². The van der Waals surface area contributed by atoms with E-state index in [1.165, 1.54) is 0 Å². The second-order valence-corrected chi connectivity index (χ2v) is 4.43. The first kappa shape index (κ1) is 13.0. The average Bonchev–Trinajstić information content (AvgIpc) is 2.16. The van der Waals surface area contributed by atoms with Gasteiger partial charge in [-0.1, -0.05) is 22.0 Å². The Balaban J connectivity index is 2.27. The van der Waals surface area contributed by atoms with Gasteiger partial charge in [0.2, 0.25) is 5.91 Å². The van der Waals surface area contributed by atoms with E-state index in [-0.39, 0.29) is 12.5 Å². The summed E-state index contributed by atoms with van der Waals surface area (Å²) < 4.78 is 6.50. The number of benzene rings is 1. The molecule has 0 unspecified atom stereocenters. The van der Waals surface area contributed by atoms with Gasteiger partial charge in [0.15, 0.2) is 0 Å². The minimum atomic E-state index is -0.329. The molecule has 0 saturated heterocycles. The highest BCUT2D eigenvalue weighted by Gasteiger charge is 2.02. The fraction of sp³-hybridized carbons (Fsp3) is 0.364. The summed E-state index contributed by atoms with van der Waals surface area (Å²) >= 11 is 3.36. The summed E-state index contributed by atoms with van der Waals surface area (Å²) in [7, 11) is 1.83. The summed E-state index contributed by atoms with van der Waals surface area (Å²) in [6.45, 7) is 1.44. The predicted molar refractivity (Wildman–Crippen MR) is 66.3 cm³/mol. The molecule has 1 rings (SSSR count). The van der Waals surface area contributed by atoms with Gasteiger partial charge in [-0.3, -0.25) is 9.69 Å². The van der Waals surface area contributed by atoms with Crippen molar-refractivity contribution in [1.29, 1.82) is 0 Å². The largest absolute Gasteiger partial charge is 0.492 e. The van der Waals surface area contributed by atoms with E-state index in [1.807, 2.05) is 36.2 Å². The van der Waals surface area contributed by atoms with Crippen LogP contribution in [-0.4, -0.2) is 37.6 Å². The van der Waals surface area contributed by atoms with Crippen LogP contribution in [0.1, 0.15) is 0 Å². The highest BCUT2D eigenvalue weighted by Crippen LogP contribution is 2.17. The van der Waals surface area contributed by atoms with Gasteiger partial charge in [-0.2, -0.15) is 0 Å². The summed E-state index contributed by atoms with van der Waals surface area (Å²) in [4.78, 5) is 12.4. The monoisotopic (exact) mass is 286 g/mol. The maximum Gasteiger partial charge on any atom is 0.231 e. The van der Waals surface area contributed by atoms with Crippen molar-refractivity contribution in [2.24, 2.45) is 5.73 Å². The van der Waals surface area contributed by atoms with Gasteiger partial charge in [-0.15, -0.1) is 0 Å². The molecule has 1 aromatic rings. The fourth-order valence-corrected chi connectivity index (χ4v) is 1.60. The zero-order valence-electron chi connectivity index (χ0n) is 9.15. The van der Waals surface area contributed by atoms with Crippen LogP contribution in [0.4, 0.5) is 0 Å². The van der Waals surface area contributed by atoms with Crippen LogP contribution in [0.5, 0.6) is 5.75 Å². The molecule has 0 radical (unpaired) electrons. The maximum atomic E-state index is 10.6. The van der Waals surface area contributed by atoms with Crippen molar-refractivity contribution < 1.29 is 9.53 Å². The van der Waals surface area contributed by atoms with Gasteiger partial charge >= 0.3 is 0 Å². The summed E-state index contributed by atoms with van der Waals surface area (Å²) in [6.07, 6.45) is 0. The first-order chi connectivity index (χ1) is 7.58. The van der Waals surface area contributed by atoms with Crippen molar-refractivity contribution in [3.63, 3.8) is 0 Å². The molecule has 4 nitrogen and oxygen atoms in total. The number of primary amides is 1. The Hall–Kier alpha value is -1.07. The number of rotatable bonds is 6. The second-order valence-electron chi connectivity index (χ2n) is 3.51. The normalized spacial score (nSPS) is 10.4. The van der Waals surface area contributed by atoms with E-state index < -0.39 is 0 Å². The first-order valence-electron chi connectivity index (χ1n) is 4.93. The molecule has 0 saturated carbocycles. The predicted octanol–water partition coefficient (Wildman–Crippen LogP) is 1.25. The Morgan fingerprint density at radius 1 is 1.56 bits per heavy atom. The van der Waals surface area contributed by atoms with Gasteiger partial charge < -0.3 is 10.5 Å². The molecule has 1 amide bonds. The second kappa shape index (κ2) is 6.50. The van der Waals surface area contributed by atoms with Crippen LogP contribution in [-0.2, 0) is 4.79 Å². The third-order valence-corrected chi connectivity index (χ3v) is 2.46. The maximum absolute atomic E-state index is 10.6. The number of carbonyl (C=O) groups is 1. The summed E-state index contributed by atoms with van der Waals surface area (Å²) in [6, 6.07) is 7.63. The van der Waals surface area contributed by atoms with Crippen LogP contribution in [0.25, 0.3) is 0 Å². The van der Waals surface area contributed by atoms with Gasteiger partial charge in [-0.05, 0) is 25.2 Å². The van der Waals surface area contributed by atoms with Gasteiger partial charge in [0.05, 0.1) is 6.54 Å². The number of carbonyl (C=O) groups excluding carboxylic acids is 1. The van der Waals surface area contributed by atoms with Crippen molar-refractivity contribution in [2.75, 3.05) is 26.7 Å². The van der Waals surface area contributed by atoms with Crippen LogP contribution in [0.2, 0.25) is 0 Å². The number of nitrogens with zero attached hydrogens (tertiary/aromatic N) is 1. The lowest BCUT2D eigenvalue weighted by molar-refractivity contribution is -0.118. The van der Waals surface area contributed by atoms with Crippen molar-refractivity contribution in [3.05, 3.63) is 28.7 Å². The highest BCUT2D eigenvalue weighted by atomic mass is 79.9. The van der Waals surface area contributed by atoms with E-state index in [0.717, 1.165) is 10.2 Å². The number of likely N-dealkylation sites (N-methyl/N-ethyl adjacent to an activating group) is 1. The molecule has 0 aliphatic rings. The number of ether oxygens (including phenoxy) is 1. The van der Waals surface area contributed by atoms with E-state index in [9.17, 15) is 4.79 Å². The topological polar surface area (TPSA) is 55.6 Å². The molecular formula is C11H15BrN2O2. The Morgan fingerprint density at radius 2 is 2.31 bits per heavy atom.